The van der Waals surface area contributed by atoms with Crippen molar-refractivity contribution < 1.29 is 4.92 Å². The highest BCUT2D eigenvalue weighted by Crippen LogP contribution is 2.54. The first kappa shape index (κ1) is 15.0. The SMILES string of the molecule is CNc1ncnc(N2CC3(C)CC2CC(C)(C)C3)c1[N+](=O)[O-]. The molecule has 0 radical (unpaired) electrons. The lowest BCUT2D eigenvalue weighted by Crippen LogP contribution is -2.35. The number of hydrogen-bond acceptors (Lipinski definition) is 6. The van der Waals surface area contributed by atoms with Crippen molar-refractivity contribution in [2.45, 2.75) is 46.1 Å². The van der Waals surface area contributed by atoms with E-state index in [1.807, 2.05) is 0 Å². The van der Waals surface area contributed by atoms with Crippen molar-refractivity contribution >= 4 is 17.3 Å². The maximum Gasteiger partial charge on any atom is 0.353 e. The Balaban J connectivity index is 2.04. The molecule has 2 bridgehead atoms. The molecule has 7 nitrogen and oxygen atoms in total. The summed E-state index contributed by atoms with van der Waals surface area (Å²) in [5, 5.41) is 14.3. The minimum Gasteiger partial charge on any atom is -0.367 e. The van der Waals surface area contributed by atoms with Gasteiger partial charge in [0.15, 0.2) is 0 Å². The molecule has 1 aliphatic heterocycles. The molecule has 0 aromatic carbocycles. The van der Waals surface area contributed by atoms with E-state index in [4.69, 9.17) is 0 Å². The highest BCUT2D eigenvalue weighted by atomic mass is 16.6. The summed E-state index contributed by atoms with van der Waals surface area (Å²) >= 11 is 0. The fraction of sp³-hybridized carbons (Fsp3) is 0.733. The van der Waals surface area contributed by atoms with Crippen LogP contribution in [0.3, 0.4) is 0 Å². The van der Waals surface area contributed by atoms with Crippen molar-refractivity contribution in [3.05, 3.63) is 16.4 Å². The molecule has 2 heterocycles. The Bertz CT molecular complexity index is 618. The molecule has 1 N–H and O–H groups in total. The van der Waals surface area contributed by atoms with Gasteiger partial charge in [0.25, 0.3) is 0 Å². The van der Waals surface area contributed by atoms with Crippen LogP contribution in [0.25, 0.3) is 0 Å². The summed E-state index contributed by atoms with van der Waals surface area (Å²) in [5.74, 6) is 0.733. The van der Waals surface area contributed by atoms with E-state index in [9.17, 15) is 10.1 Å². The largest absolute Gasteiger partial charge is 0.367 e. The fourth-order valence-corrected chi connectivity index (χ4v) is 4.64. The summed E-state index contributed by atoms with van der Waals surface area (Å²) in [7, 11) is 1.64. The third-order valence-electron chi connectivity index (χ3n) is 4.91. The Hall–Kier alpha value is -1.92. The van der Waals surface area contributed by atoms with Crippen LogP contribution in [0.15, 0.2) is 6.33 Å². The van der Waals surface area contributed by atoms with Crippen LogP contribution < -0.4 is 10.2 Å². The van der Waals surface area contributed by atoms with Gasteiger partial charge in [0.1, 0.15) is 6.33 Å². The fourth-order valence-electron chi connectivity index (χ4n) is 4.64. The predicted molar refractivity (Wildman–Crippen MR) is 85.1 cm³/mol. The Labute approximate surface area is 130 Å². The number of nitrogens with one attached hydrogen (secondary N) is 1. The number of nitrogens with zero attached hydrogens (tertiary/aromatic N) is 4. The van der Waals surface area contributed by atoms with Gasteiger partial charge in [0.2, 0.25) is 11.6 Å². The predicted octanol–water partition coefficient (Wildman–Crippen LogP) is 2.83. The van der Waals surface area contributed by atoms with Crippen molar-refractivity contribution in [1.82, 2.24) is 9.97 Å². The van der Waals surface area contributed by atoms with Gasteiger partial charge >= 0.3 is 5.69 Å². The first-order valence-corrected chi connectivity index (χ1v) is 7.68. The summed E-state index contributed by atoms with van der Waals surface area (Å²) < 4.78 is 0. The summed E-state index contributed by atoms with van der Waals surface area (Å²) in [6.45, 7) is 7.68. The Morgan fingerprint density at radius 2 is 2.09 bits per heavy atom. The molecule has 0 amide bonds. The Morgan fingerprint density at radius 3 is 2.73 bits per heavy atom. The second-order valence-corrected chi connectivity index (χ2v) is 7.74. The lowest BCUT2D eigenvalue weighted by atomic mass is 9.65. The third kappa shape index (κ3) is 2.38. The molecule has 3 rings (SSSR count). The lowest BCUT2D eigenvalue weighted by molar-refractivity contribution is -0.383. The van der Waals surface area contributed by atoms with Crippen molar-refractivity contribution in [2.24, 2.45) is 10.8 Å². The highest BCUT2D eigenvalue weighted by molar-refractivity contribution is 5.71. The van der Waals surface area contributed by atoms with E-state index in [1.54, 1.807) is 7.05 Å². The molecule has 1 saturated heterocycles. The molecule has 1 aliphatic carbocycles. The standard InChI is InChI=1S/C15H23N5O2/c1-14(2)5-10-6-15(3,7-14)8-19(10)13-11(20(21)22)12(16-4)17-9-18-13/h9-10H,5-8H2,1-4H3,(H,16,17,18). The van der Waals surface area contributed by atoms with Gasteiger partial charge in [-0.2, -0.15) is 0 Å². The van der Waals surface area contributed by atoms with Gasteiger partial charge < -0.3 is 10.2 Å². The molecule has 1 aromatic heterocycles. The first-order chi connectivity index (χ1) is 10.2. The maximum atomic E-state index is 11.5. The van der Waals surface area contributed by atoms with Crippen molar-refractivity contribution in [2.75, 3.05) is 23.8 Å². The van der Waals surface area contributed by atoms with Crippen LogP contribution in [0, 0.1) is 20.9 Å². The second-order valence-electron chi connectivity index (χ2n) is 7.74. The third-order valence-corrected chi connectivity index (χ3v) is 4.91. The minimum atomic E-state index is -0.378. The average Bonchev–Trinajstić information content (AvgIpc) is 2.66. The number of fused-ring (bicyclic) bond motifs is 2. The van der Waals surface area contributed by atoms with E-state index >= 15 is 0 Å². The summed E-state index contributed by atoms with van der Waals surface area (Å²) in [6, 6.07) is 0.312. The Kier molecular flexibility index (Phi) is 3.27. The summed E-state index contributed by atoms with van der Waals surface area (Å²) in [6.07, 6.45) is 4.67. The molecular weight excluding hydrogens is 282 g/mol. The van der Waals surface area contributed by atoms with Gasteiger partial charge in [-0.3, -0.25) is 10.1 Å². The van der Waals surface area contributed by atoms with Crippen LogP contribution in [0.2, 0.25) is 0 Å². The van der Waals surface area contributed by atoms with E-state index in [-0.39, 0.29) is 27.3 Å². The van der Waals surface area contributed by atoms with Gasteiger partial charge in [-0.05, 0) is 30.1 Å². The lowest BCUT2D eigenvalue weighted by Gasteiger charge is -2.39. The van der Waals surface area contributed by atoms with Crippen LogP contribution in [-0.4, -0.2) is 34.5 Å². The number of hydrogen-bond donors (Lipinski definition) is 1. The van der Waals surface area contributed by atoms with Gasteiger partial charge in [-0.25, -0.2) is 9.97 Å². The van der Waals surface area contributed by atoms with Crippen molar-refractivity contribution in [3.63, 3.8) is 0 Å². The van der Waals surface area contributed by atoms with E-state index < -0.39 is 0 Å². The molecule has 2 aliphatic rings. The average molecular weight is 305 g/mol. The molecule has 2 fully saturated rings. The van der Waals surface area contributed by atoms with Crippen molar-refractivity contribution in [3.8, 4) is 0 Å². The first-order valence-electron chi connectivity index (χ1n) is 7.68. The van der Waals surface area contributed by atoms with Crippen molar-refractivity contribution in [1.29, 1.82) is 0 Å². The number of anilines is 2. The van der Waals surface area contributed by atoms with Crippen LogP contribution in [0.1, 0.15) is 40.0 Å². The molecule has 1 aromatic rings. The zero-order valence-electron chi connectivity index (χ0n) is 13.6. The molecule has 2 unspecified atom stereocenters. The monoisotopic (exact) mass is 305 g/mol. The van der Waals surface area contributed by atoms with E-state index in [0.29, 0.717) is 11.9 Å². The quantitative estimate of drug-likeness (QED) is 0.683. The summed E-state index contributed by atoms with van der Waals surface area (Å²) in [4.78, 5) is 21.5. The number of aromatic nitrogens is 2. The number of nitro groups is 1. The van der Waals surface area contributed by atoms with Crippen LogP contribution in [0.5, 0.6) is 0 Å². The van der Waals surface area contributed by atoms with E-state index in [1.165, 1.54) is 6.33 Å². The van der Waals surface area contributed by atoms with Gasteiger partial charge in [0.05, 0.1) is 4.92 Å². The second kappa shape index (κ2) is 4.79. The molecular formula is C15H23N5O2. The minimum absolute atomic E-state index is 0.0149. The molecule has 22 heavy (non-hydrogen) atoms. The van der Waals surface area contributed by atoms with Gasteiger partial charge in [-0.1, -0.05) is 20.8 Å². The van der Waals surface area contributed by atoms with Crippen LogP contribution >= 0.6 is 0 Å². The molecule has 120 valence electrons. The highest BCUT2D eigenvalue weighted by Gasteiger charge is 2.51. The Morgan fingerprint density at radius 1 is 1.36 bits per heavy atom. The van der Waals surface area contributed by atoms with Gasteiger partial charge in [0, 0.05) is 19.6 Å². The summed E-state index contributed by atoms with van der Waals surface area (Å²) in [5.41, 5.74) is 0.449. The number of rotatable bonds is 3. The van der Waals surface area contributed by atoms with E-state index in [2.05, 4.69) is 41.0 Å². The zero-order valence-corrected chi connectivity index (χ0v) is 13.6. The smallest absolute Gasteiger partial charge is 0.353 e. The van der Waals surface area contributed by atoms with Crippen LogP contribution in [0.4, 0.5) is 17.3 Å². The molecule has 2 atom stereocenters. The van der Waals surface area contributed by atoms with E-state index in [0.717, 1.165) is 25.8 Å². The van der Waals surface area contributed by atoms with Crippen LogP contribution in [-0.2, 0) is 0 Å². The molecule has 7 heteroatoms. The van der Waals surface area contributed by atoms with Gasteiger partial charge in [-0.15, -0.1) is 0 Å². The molecule has 0 spiro atoms. The maximum absolute atomic E-state index is 11.5. The topological polar surface area (TPSA) is 84.2 Å². The molecule has 1 saturated carbocycles. The normalized spacial score (nSPS) is 29.5. The zero-order chi connectivity index (χ0) is 16.1.